The van der Waals surface area contributed by atoms with E-state index in [1.807, 2.05) is 48.5 Å². The molecule has 84 valence electrons. The maximum atomic E-state index is 8.50. The summed E-state index contributed by atoms with van der Waals surface area (Å²) in [5, 5.41) is 10.7. The monoisotopic (exact) mass is 231 g/mol. The molecule has 0 saturated heterocycles. The van der Waals surface area contributed by atoms with Crippen molar-refractivity contribution in [2.45, 2.75) is 6.42 Å². The van der Waals surface area contributed by atoms with E-state index in [2.05, 4.69) is 11.8 Å². The zero-order chi connectivity index (χ0) is 12.4. The predicted octanol–water partition coefficient (Wildman–Crippen LogP) is 3.85. The first kappa shape index (κ1) is 10.4. The third-order valence-electron chi connectivity index (χ3n) is 2.79. The number of hydrogen-bond acceptors (Lipinski definition) is 2. The molecule has 0 radical (unpaired) electrons. The van der Waals surface area contributed by atoms with Crippen molar-refractivity contribution in [1.29, 1.82) is 5.26 Å². The first-order valence-corrected chi connectivity index (χ1v) is 5.66. The molecule has 3 aromatic rings. The fourth-order valence-corrected chi connectivity index (χ4v) is 2.02. The van der Waals surface area contributed by atoms with Gasteiger partial charge in [0.05, 0.1) is 18.1 Å². The van der Waals surface area contributed by atoms with E-state index in [0.717, 1.165) is 27.5 Å². The molecule has 0 fully saturated rings. The van der Waals surface area contributed by atoms with E-state index >= 15 is 0 Å². The standard InChI is InChI=1S/C16H9NO/c17-11-4-3-6-12-7-5-9-14-13-8-1-2-10-15(13)18-16(12)14/h1-2,5,7-10H,4H2. The molecule has 2 heteroatoms. The van der Waals surface area contributed by atoms with Gasteiger partial charge in [0.1, 0.15) is 5.58 Å². The predicted molar refractivity (Wildman–Crippen MR) is 70.8 cm³/mol. The maximum absolute atomic E-state index is 8.50. The highest BCUT2D eigenvalue weighted by Gasteiger charge is 2.08. The number of benzene rings is 2. The zero-order valence-corrected chi connectivity index (χ0v) is 9.60. The van der Waals surface area contributed by atoms with Crippen LogP contribution in [0.3, 0.4) is 0 Å². The van der Waals surface area contributed by atoms with Crippen LogP contribution in [0.1, 0.15) is 12.0 Å². The fourth-order valence-electron chi connectivity index (χ4n) is 2.02. The first-order valence-electron chi connectivity index (χ1n) is 5.66. The molecule has 0 spiro atoms. The van der Waals surface area contributed by atoms with Gasteiger partial charge < -0.3 is 4.42 Å². The van der Waals surface area contributed by atoms with Crippen molar-refractivity contribution in [3.05, 3.63) is 48.0 Å². The van der Waals surface area contributed by atoms with Crippen LogP contribution in [-0.4, -0.2) is 0 Å². The van der Waals surface area contributed by atoms with Gasteiger partial charge in [-0.1, -0.05) is 42.2 Å². The summed E-state index contributed by atoms with van der Waals surface area (Å²) in [6, 6.07) is 15.8. The SMILES string of the molecule is N#CCC#Cc1cccc2c1oc1ccccc12. The van der Waals surface area contributed by atoms with Crippen molar-refractivity contribution in [3.63, 3.8) is 0 Å². The van der Waals surface area contributed by atoms with Gasteiger partial charge in [0, 0.05) is 10.8 Å². The molecule has 0 N–H and O–H groups in total. The average molecular weight is 231 g/mol. The van der Waals surface area contributed by atoms with Crippen LogP contribution in [0.15, 0.2) is 46.9 Å². The molecule has 0 amide bonds. The molecule has 0 saturated carbocycles. The smallest absolute Gasteiger partial charge is 0.151 e. The van der Waals surface area contributed by atoms with Crippen LogP contribution in [0.25, 0.3) is 21.9 Å². The average Bonchev–Trinajstić information content (AvgIpc) is 2.79. The Bertz CT molecular complexity index is 825. The van der Waals surface area contributed by atoms with Crippen molar-refractivity contribution in [2.24, 2.45) is 0 Å². The third-order valence-corrected chi connectivity index (χ3v) is 2.79. The van der Waals surface area contributed by atoms with Gasteiger partial charge in [-0.15, -0.1) is 0 Å². The largest absolute Gasteiger partial charge is 0.455 e. The van der Waals surface area contributed by atoms with E-state index in [1.54, 1.807) is 0 Å². The number of hydrogen-bond donors (Lipinski definition) is 0. The van der Waals surface area contributed by atoms with Crippen molar-refractivity contribution in [2.75, 3.05) is 0 Å². The normalized spacial score (nSPS) is 9.94. The molecule has 0 bridgehead atoms. The molecule has 0 aliphatic carbocycles. The third kappa shape index (κ3) is 1.61. The Hall–Kier alpha value is -2.71. The van der Waals surface area contributed by atoms with Crippen LogP contribution in [0.5, 0.6) is 0 Å². The van der Waals surface area contributed by atoms with Gasteiger partial charge in [0.2, 0.25) is 0 Å². The lowest BCUT2D eigenvalue weighted by atomic mass is 10.1. The van der Waals surface area contributed by atoms with Crippen LogP contribution in [0.4, 0.5) is 0 Å². The van der Waals surface area contributed by atoms with Gasteiger partial charge in [-0.2, -0.15) is 5.26 Å². The molecular weight excluding hydrogens is 222 g/mol. The molecule has 2 aromatic carbocycles. The summed E-state index contributed by atoms with van der Waals surface area (Å²) in [6.45, 7) is 0. The molecule has 1 heterocycles. The molecule has 18 heavy (non-hydrogen) atoms. The molecule has 0 aliphatic heterocycles. The number of nitriles is 1. The summed E-state index contributed by atoms with van der Waals surface area (Å²) in [6.07, 6.45) is 0.233. The summed E-state index contributed by atoms with van der Waals surface area (Å²) < 4.78 is 5.83. The second-order valence-electron chi connectivity index (χ2n) is 3.92. The van der Waals surface area contributed by atoms with Gasteiger partial charge >= 0.3 is 0 Å². The maximum Gasteiger partial charge on any atom is 0.151 e. The van der Waals surface area contributed by atoms with E-state index in [-0.39, 0.29) is 6.42 Å². The molecular formula is C16H9NO. The van der Waals surface area contributed by atoms with E-state index in [4.69, 9.17) is 9.68 Å². The van der Waals surface area contributed by atoms with Crippen LogP contribution in [-0.2, 0) is 0 Å². The molecule has 2 nitrogen and oxygen atoms in total. The topological polar surface area (TPSA) is 36.9 Å². The minimum absolute atomic E-state index is 0.233. The van der Waals surface area contributed by atoms with Crippen molar-refractivity contribution < 1.29 is 4.42 Å². The fraction of sp³-hybridized carbons (Fsp3) is 0.0625. The molecule has 0 atom stereocenters. The van der Waals surface area contributed by atoms with Crippen molar-refractivity contribution in [3.8, 4) is 17.9 Å². The molecule has 0 aliphatic rings. The zero-order valence-electron chi connectivity index (χ0n) is 9.60. The van der Waals surface area contributed by atoms with Crippen molar-refractivity contribution >= 4 is 21.9 Å². The minimum Gasteiger partial charge on any atom is -0.455 e. The second kappa shape index (κ2) is 4.28. The van der Waals surface area contributed by atoms with E-state index in [0.29, 0.717) is 0 Å². The first-order chi connectivity index (χ1) is 8.90. The highest BCUT2D eigenvalue weighted by Crippen LogP contribution is 2.30. The summed E-state index contributed by atoms with van der Waals surface area (Å²) in [5.41, 5.74) is 2.49. The van der Waals surface area contributed by atoms with E-state index in [9.17, 15) is 0 Å². The number of nitrogens with zero attached hydrogens (tertiary/aromatic N) is 1. The van der Waals surface area contributed by atoms with Crippen LogP contribution in [0, 0.1) is 23.2 Å². The quantitative estimate of drug-likeness (QED) is 0.551. The molecule has 1 aromatic heterocycles. The summed E-state index contributed by atoms with van der Waals surface area (Å²) in [5.74, 6) is 5.80. The Balaban J connectivity index is 2.29. The van der Waals surface area contributed by atoms with E-state index < -0.39 is 0 Å². The van der Waals surface area contributed by atoms with Gasteiger partial charge in [-0.3, -0.25) is 0 Å². The minimum atomic E-state index is 0.233. The number of rotatable bonds is 0. The lowest BCUT2D eigenvalue weighted by Gasteiger charge is -1.91. The summed E-state index contributed by atoms with van der Waals surface area (Å²) in [4.78, 5) is 0. The van der Waals surface area contributed by atoms with Crippen molar-refractivity contribution in [1.82, 2.24) is 0 Å². The Morgan fingerprint density at radius 2 is 1.83 bits per heavy atom. The molecule has 0 unspecified atom stereocenters. The van der Waals surface area contributed by atoms with Gasteiger partial charge in [-0.05, 0) is 12.1 Å². The highest BCUT2D eigenvalue weighted by molar-refractivity contribution is 6.06. The van der Waals surface area contributed by atoms with Gasteiger partial charge in [0.25, 0.3) is 0 Å². The number of para-hydroxylation sites is 2. The summed E-state index contributed by atoms with van der Waals surface area (Å²) in [7, 11) is 0. The number of furan rings is 1. The van der Waals surface area contributed by atoms with Gasteiger partial charge in [0.15, 0.2) is 5.58 Å². The Morgan fingerprint density at radius 1 is 1.00 bits per heavy atom. The van der Waals surface area contributed by atoms with Gasteiger partial charge in [-0.25, -0.2) is 0 Å². The second-order valence-corrected chi connectivity index (χ2v) is 3.92. The Kier molecular flexibility index (Phi) is 2.48. The lowest BCUT2D eigenvalue weighted by Crippen LogP contribution is -1.74. The Labute approximate surface area is 104 Å². The van der Waals surface area contributed by atoms with E-state index in [1.165, 1.54) is 0 Å². The van der Waals surface area contributed by atoms with Crippen LogP contribution < -0.4 is 0 Å². The Morgan fingerprint density at radius 3 is 2.72 bits per heavy atom. The van der Waals surface area contributed by atoms with Crippen LogP contribution in [0.2, 0.25) is 0 Å². The molecule has 3 rings (SSSR count). The van der Waals surface area contributed by atoms with Crippen LogP contribution >= 0.6 is 0 Å². The summed E-state index contributed by atoms with van der Waals surface area (Å²) >= 11 is 0. The lowest BCUT2D eigenvalue weighted by molar-refractivity contribution is 0.668. The highest BCUT2D eigenvalue weighted by atomic mass is 16.3. The number of fused-ring (bicyclic) bond motifs is 3.